The molecule has 5 nitrogen and oxygen atoms in total. The molecule has 0 aliphatic heterocycles. The number of hydrogen-bond acceptors (Lipinski definition) is 4. The number of ether oxygens (including phenoxy) is 1. The average molecular weight is 458 g/mol. The molecule has 0 saturated heterocycles. The van der Waals surface area contributed by atoms with Gasteiger partial charge in [0.2, 0.25) is 0 Å². The smallest absolute Gasteiger partial charge is 0.422 e. The van der Waals surface area contributed by atoms with E-state index in [9.17, 15) is 23.1 Å². The highest BCUT2D eigenvalue weighted by Crippen LogP contribution is 2.44. The molecule has 33 heavy (non-hydrogen) atoms. The van der Waals surface area contributed by atoms with Gasteiger partial charge in [-0.15, -0.1) is 0 Å². The third kappa shape index (κ3) is 4.27. The van der Waals surface area contributed by atoms with Gasteiger partial charge in [-0.3, -0.25) is 9.79 Å². The molecule has 2 atom stereocenters. The number of fused-ring (bicyclic) bond motifs is 2. The highest BCUT2D eigenvalue weighted by atomic mass is 19.4. The van der Waals surface area contributed by atoms with E-state index in [4.69, 9.17) is 4.74 Å². The van der Waals surface area contributed by atoms with Crippen molar-refractivity contribution >= 4 is 22.7 Å². The molecule has 0 radical (unpaired) electrons. The highest BCUT2D eigenvalue weighted by Gasteiger charge is 2.54. The molecular formula is C25H25F3N2O3. The van der Waals surface area contributed by atoms with E-state index in [0.29, 0.717) is 35.6 Å². The average Bonchev–Trinajstić information content (AvgIpc) is 2.79. The van der Waals surface area contributed by atoms with E-state index >= 15 is 0 Å². The summed E-state index contributed by atoms with van der Waals surface area (Å²) in [7, 11) is 3.13. The Morgan fingerprint density at radius 3 is 2.67 bits per heavy atom. The van der Waals surface area contributed by atoms with Crippen molar-refractivity contribution in [3.05, 3.63) is 70.1 Å². The summed E-state index contributed by atoms with van der Waals surface area (Å²) in [5.74, 6) is 0.153. The molecule has 174 valence electrons. The molecule has 1 N–H and O–H groups in total. The quantitative estimate of drug-likeness (QED) is 0.544. The molecule has 4 rings (SSSR count). The van der Waals surface area contributed by atoms with Crippen molar-refractivity contribution < 1.29 is 23.0 Å². The number of pyridine rings is 1. The van der Waals surface area contributed by atoms with E-state index in [1.807, 2.05) is 0 Å². The van der Waals surface area contributed by atoms with Gasteiger partial charge >= 0.3 is 6.18 Å². The molecule has 0 spiro atoms. The number of aromatic nitrogens is 1. The summed E-state index contributed by atoms with van der Waals surface area (Å²) in [5.41, 5.74) is -1.55. The zero-order valence-electron chi connectivity index (χ0n) is 18.4. The SMILES string of the molecule is COc1cccc2c1CCCC2CC(O)(C=Nc1cccc2c(=O)n(C)ccc12)C(F)(F)F. The summed E-state index contributed by atoms with van der Waals surface area (Å²) in [6.07, 6.45) is -1.41. The largest absolute Gasteiger partial charge is 0.496 e. The summed E-state index contributed by atoms with van der Waals surface area (Å²) in [6.45, 7) is 0. The van der Waals surface area contributed by atoms with E-state index in [2.05, 4.69) is 4.99 Å². The maximum atomic E-state index is 14.1. The van der Waals surface area contributed by atoms with Crippen molar-refractivity contribution in [3.63, 3.8) is 0 Å². The van der Waals surface area contributed by atoms with E-state index < -0.39 is 24.1 Å². The second-order valence-corrected chi connectivity index (χ2v) is 8.47. The third-order valence-corrected chi connectivity index (χ3v) is 6.37. The summed E-state index contributed by atoms with van der Waals surface area (Å²) in [5, 5.41) is 11.6. The van der Waals surface area contributed by atoms with Crippen LogP contribution >= 0.6 is 0 Å². The van der Waals surface area contributed by atoms with Crippen molar-refractivity contribution in [3.8, 4) is 5.75 Å². The van der Waals surface area contributed by atoms with Crippen LogP contribution in [0.2, 0.25) is 0 Å². The Balaban J connectivity index is 1.72. The van der Waals surface area contributed by atoms with Crippen LogP contribution in [-0.2, 0) is 13.5 Å². The van der Waals surface area contributed by atoms with Crippen molar-refractivity contribution in [2.45, 2.75) is 43.4 Å². The van der Waals surface area contributed by atoms with Crippen molar-refractivity contribution in [2.24, 2.45) is 12.0 Å². The zero-order chi connectivity index (χ0) is 23.8. The fraction of sp³-hybridized carbons (Fsp3) is 0.360. The minimum absolute atomic E-state index is 0.193. The number of aryl methyl sites for hydroxylation is 1. The van der Waals surface area contributed by atoms with Gasteiger partial charge < -0.3 is 14.4 Å². The van der Waals surface area contributed by atoms with Crippen molar-refractivity contribution in [1.82, 2.24) is 4.57 Å². The Morgan fingerprint density at radius 2 is 1.94 bits per heavy atom. The van der Waals surface area contributed by atoms with Crippen LogP contribution in [-0.4, -0.2) is 34.8 Å². The number of rotatable bonds is 5. The second-order valence-electron chi connectivity index (χ2n) is 8.47. The lowest BCUT2D eigenvalue weighted by Crippen LogP contribution is -2.48. The second kappa shape index (κ2) is 8.67. The molecule has 0 bridgehead atoms. The standard InChI is InChI=1S/C25H25F3N2O3/c1-30-13-12-18-20(23(30)31)9-4-10-21(18)29-15-24(32,25(26,27)28)14-16-6-3-8-19-17(16)7-5-11-22(19)33-2/h4-5,7,9-13,15-16,32H,3,6,8,14H2,1-2H3. The number of methoxy groups -OCH3 is 1. The zero-order valence-corrected chi connectivity index (χ0v) is 18.4. The van der Waals surface area contributed by atoms with Crippen LogP contribution in [0.25, 0.3) is 10.8 Å². The van der Waals surface area contributed by atoms with E-state index in [1.165, 1.54) is 23.9 Å². The third-order valence-electron chi connectivity index (χ3n) is 6.37. The first-order chi connectivity index (χ1) is 15.6. The van der Waals surface area contributed by atoms with Crippen LogP contribution in [0.1, 0.15) is 36.3 Å². The van der Waals surface area contributed by atoms with Gasteiger partial charge in [0.15, 0.2) is 5.60 Å². The Bertz CT molecular complexity index is 1270. The monoisotopic (exact) mass is 458 g/mol. The maximum Gasteiger partial charge on any atom is 0.422 e. The normalized spacial score (nSPS) is 18.3. The number of aliphatic imine (C=N–C) groups is 1. The molecule has 1 heterocycles. The van der Waals surface area contributed by atoms with Gasteiger partial charge in [0, 0.05) is 30.2 Å². The maximum absolute atomic E-state index is 14.1. The minimum Gasteiger partial charge on any atom is -0.496 e. The first kappa shape index (κ1) is 23.0. The van der Waals surface area contributed by atoms with Gasteiger partial charge in [-0.1, -0.05) is 18.2 Å². The topological polar surface area (TPSA) is 63.8 Å². The first-order valence-corrected chi connectivity index (χ1v) is 10.7. The van der Waals surface area contributed by atoms with Gasteiger partial charge in [0.05, 0.1) is 12.8 Å². The molecule has 2 unspecified atom stereocenters. The van der Waals surface area contributed by atoms with Gasteiger partial charge in [-0.2, -0.15) is 13.2 Å². The number of halogens is 3. The minimum atomic E-state index is -4.92. The molecule has 1 aliphatic carbocycles. The Hall–Kier alpha value is -3.13. The number of aliphatic hydroxyl groups is 1. The van der Waals surface area contributed by atoms with Crippen LogP contribution in [0.5, 0.6) is 5.75 Å². The predicted octanol–water partition coefficient (Wildman–Crippen LogP) is 5.05. The van der Waals surface area contributed by atoms with Gasteiger partial charge in [0.1, 0.15) is 5.75 Å². The van der Waals surface area contributed by atoms with E-state index in [-0.39, 0.29) is 11.2 Å². The van der Waals surface area contributed by atoms with E-state index in [0.717, 1.165) is 17.5 Å². The fourth-order valence-electron chi connectivity index (χ4n) is 4.58. The lowest BCUT2D eigenvalue weighted by Gasteiger charge is -2.34. The molecular weight excluding hydrogens is 433 g/mol. The summed E-state index contributed by atoms with van der Waals surface area (Å²) >= 11 is 0. The highest BCUT2D eigenvalue weighted by molar-refractivity contribution is 5.93. The van der Waals surface area contributed by atoms with Crippen molar-refractivity contribution in [1.29, 1.82) is 0 Å². The molecule has 0 fully saturated rings. The molecule has 8 heteroatoms. The van der Waals surface area contributed by atoms with Crippen LogP contribution < -0.4 is 10.3 Å². The number of alkyl halides is 3. The number of hydrogen-bond donors (Lipinski definition) is 1. The predicted molar refractivity (Wildman–Crippen MR) is 122 cm³/mol. The molecule has 3 aromatic rings. The van der Waals surface area contributed by atoms with Crippen LogP contribution in [0.3, 0.4) is 0 Å². The lowest BCUT2D eigenvalue weighted by atomic mass is 9.76. The van der Waals surface area contributed by atoms with Crippen LogP contribution in [0, 0.1) is 0 Å². The first-order valence-electron chi connectivity index (χ1n) is 10.7. The Kier molecular flexibility index (Phi) is 6.05. The van der Waals surface area contributed by atoms with Crippen LogP contribution in [0.15, 0.2) is 58.4 Å². The van der Waals surface area contributed by atoms with Crippen LogP contribution in [0.4, 0.5) is 18.9 Å². The molecule has 1 aliphatic rings. The van der Waals surface area contributed by atoms with Crippen molar-refractivity contribution in [2.75, 3.05) is 7.11 Å². The fourth-order valence-corrected chi connectivity index (χ4v) is 4.58. The molecule has 2 aromatic carbocycles. The van der Waals surface area contributed by atoms with E-state index in [1.54, 1.807) is 43.4 Å². The Morgan fingerprint density at radius 1 is 1.18 bits per heavy atom. The molecule has 0 saturated carbocycles. The van der Waals surface area contributed by atoms with Gasteiger partial charge in [-0.05, 0) is 67.0 Å². The summed E-state index contributed by atoms with van der Waals surface area (Å²) in [4.78, 5) is 16.4. The number of benzene rings is 2. The summed E-state index contributed by atoms with van der Waals surface area (Å²) < 4.78 is 49.1. The molecule has 0 amide bonds. The Labute approximate surface area is 189 Å². The summed E-state index contributed by atoms with van der Waals surface area (Å²) in [6, 6.07) is 11.7. The number of nitrogens with zero attached hydrogens (tertiary/aromatic N) is 2. The van der Waals surface area contributed by atoms with Gasteiger partial charge in [0.25, 0.3) is 5.56 Å². The molecule has 1 aromatic heterocycles. The lowest BCUT2D eigenvalue weighted by molar-refractivity contribution is -0.232. The van der Waals surface area contributed by atoms with Gasteiger partial charge in [-0.25, -0.2) is 0 Å².